The number of benzene rings is 1. The Kier molecular flexibility index (Phi) is 3.68. The molecule has 0 amide bonds. The number of hydrogen-bond acceptors (Lipinski definition) is 2. The van der Waals surface area contributed by atoms with Gasteiger partial charge in [0.1, 0.15) is 5.92 Å². The summed E-state index contributed by atoms with van der Waals surface area (Å²) in [6.07, 6.45) is 0. The number of nitriles is 1. The number of carbonyl (C=O) groups excluding carboxylic acids is 1. The fourth-order valence-electron chi connectivity index (χ4n) is 0.978. The topological polar surface area (TPSA) is 40.9 Å². The van der Waals surface area contributed by atoms with Gasteiger partial charge in [0.05, 0.1) is 11.1 Å². The van der Waals surface area contributed by atoms with Crippen molar-refractivity contribution in [2.45, 2.75) is 6.92 Å². The molecule has 14 heavy (non-hydrogen) atoms. The fraction of sp³-hybridized carbons (Fsp3) is 0.200. The number of carbonyl (C=O) groups is 1. The number of Topliss-reactive ketones (excluding diaryl/α,β-unsaturated/α-hetero) is 1. The first kappa shape index (κ1) is 11.2. The average molecular weight is 273 g/mol. The van der Waals surface area contributed by atoms with E-state index < -0.39 is 5.92 Å². The summed E-state index contributed by atoms with van der Waals surface area (Å²) in [6.45, 7) is 1.56. The number of ketones is 1. The predicted octanol–water partition coefficient (Wildman–Crippen LogP) is 3.44. The van der Waals surface area contributed by atoms with Crippen molar-refractivity contribution in [1.29, 1.82) is 5.26 Å². The van der Waals surface area contributed by atoms with Gasteiger partial charge in [-0.15, -0.1) is 0 Å². The smallest absolute Gasteiger partial charge is 0.181 e. The van der Waals surface area contributed by atoms with Crippen LogP contribution in [-0.2, 0) is 0 Å². The summed E-state index contributed by atoms with van der Waals surface area (Å²) in [5, 5.41) is 8.98. The summed E-state index contributed by atoms with van der Waals surface area (Å²) in [4.78, 5) is 11.6. The van der Waals surface area contributed by atoms with Crippen LogP contribution in [-0.4, -0.2) is 5.78 Å². The zero-order chi connectivity index (χ0) is 10.7. The van der Waals surface area contributed by atoms with E-state index in [-0.39, 0.29) is 5.78 Å². The molecule has 1 rings (SSSR count). The second kappa shape index (κ2) is 4.59. The first-order valence-electron chi connectivity index (χ1n) is 3.95. The first-order chi connectivity index (χ1) is 6.56. The van der Waals surface area contributed by atoms with E-state index in [4.69, 9.17) is 16.9 Å². The number of hydrogen-bond donors (Lipinski definition) is 0. The zero-order valence-corrected chi connectivity index (χ0v) is 9.76. The first-order valence-corrected chi connectivity index (χ1v) is 5.12. The third kappa shape index (κ3) is 2.34. The third-order valence-electron chi connectivity index (χ3n) is 1.78. The van der Waals surface area contributed by atoms with Crippen molar-refractivity contribution >= 4 is 33.3 Å². The molecule has 1 aromatic rings. The molecule has 0 heterocycles. The third-order valence-corrected chi connectivity index (χ3v) is 2.60. The van der Waals surface area contributed by atoms with Crippen molar-refractivity contribution in [2.75, 3.05) is 0 Å². The van der Waals surface area contributed by atoms with Crippen LogP contribution in [0.3, 0.4) is 0 Å². The van der Waals surface area contributed by atoms with Gasteiger partial charge in [0.15, 0.2) is 5.78 Å². The van der Waals surface area contributed by atoms with Crippen molar-refractivity contribution in [3.05, 3.63) is 33.3 Å². The highest BCUT2D eigenvalue weighted by atomic mass is 79.9. The van der Waals surface area contributed by atoms with Crippen molar-refractivity contribution in [2.24, 2.45) is 5.92 Å². The van der Waals surface area contributed by atoms with E-state index in [0.717, 1.165) is 4.47 Å². The molecule has 0 aromatic heterocycles. The highest BCUT2D eigenvalue weighted by Gasteiger charge is 2.17. The van der Waals surface area contributed by atoms with E-state index in [9.17, 15) is 4.79 Å². The minimum absolute atomic E-state index is 0.251. The Bertz CT molecular complexity index is 411. The SMILES string of the molecule is CC(C#N)C(=O)c1cc(Br)ccc1Cl. The van der Waals surface area contributed by atoms with Crippen molar-refractivity contribution in [3.8, 4) is 6.07 Å². The fourth-order valence-corrected chi connectivity index (χ4v) is 1.55. The molecule has 4 heteroatoms. The Morgan fingerprint density at radius 3 is 2.86 bits per heavy atom. The zero-order valence-electron chi connectivity index (χ0n) is 7.42. The predicted molar refractivity (Wildman–Crippen MR) is 58.3 cm³/mol. The van der Waals surface area contributed by atoms with Gasteiger partial charge < -0.3 is 0 Å². The van der Waals surface area contributed by atoms with E-state index in [1.165, 1.54) is 0 Å². The van der Waals surface area contributed by atoms with E-state index in [1.807, 2.05) is 6.07 Å². The quantitative estimate of drug-likeness (QED) is 0.774. The molecule has 0 aliphatic heterocycles. The van der Waals surface area contributed by atoms with Crippen LogP contribution in [0, 0.1) is 17.2 Å². The second-order valence-corrected chi connectivity index (χ2v) is 4.16. The van der Waals surface area contributed by atoms with Crippen molar-refractivity contribution < 1.29 is 4.79 Å². The van der Waals surface area contributed by atoms with Crippen LogP contribution in [0.1, 0.15) is 17.3 Å². The Labute approximate surface area is 95.6 Å². The molecule has 1 aromatic carbocycles. The lowest BCUT2D eigenvalue weighted by Gasteiger charge is -2.04. The lowest BCUT2D eigenvalue weighted by molar-refractivity contribution is 0.0956. The summed E-state index contributed by atoms with van der Waals surface area (Å²) in [6, 6.07) is 6.88. The molecule has 0 saturated heterocycles. The van der Waals surface area contributed by atoms with Crippen LogP contribution >= 0.6 is 27.5 Å². The second-order valence-electron chi connectivity index (χ2n) is 2.84. The molecule has 0 aliphatic rings. The molecule has 0 N–H and O–H groups in total. The van der Waals surface area contributed by atoms with Gasteiger partial charge in [-0.1, -0.05) is 27.5 Å². The molecular weight excluding hydrogens is 265 g/mol. The van der Waals surface area contributed by atoms with E-state index in [0.29, 0.717) is 10.6 Å². The molecule has 0 fully saturated rings. The molecule has 1 atom stereocenters. The molecule has 0 bridgehead atoms. The van der Waals surface area contributed by atoms with Gasteiger partial charge in [-0.05, 0) is 25.1 Å². The number of nitrogens with zero attached hydrogens (tertiary/aromatic N) is 1. The summed E-state index contributed by atoms with van der Waals surface area (Å²) < 4.78 is 0.774. The molecule has 1 unspecified atom stereocenters. The molecule has 0 aliphatic carbocycles. The summed E-state index contributed by atoms with van der Waals surface area (Å²) >= 11 is 9.08. The summed E-state index contributed by atoms with van der Waals surface area (Å²) in [7, 11) is 0. The van der Waals surface area contributed by atoms with E-state index >= 15 is 0 Å². The van der Waals surface area contributed by atoms with Gasteiger partial charge in [-0.2, -0.15) is 5.26 Å². The van der Waals surface area contributed by atoms with Crippen LogP contribution in [0.15, 0.2) is 22.7 Å². The minimum atomic E-state index is -0.665. The maximum absolute atomic E-state index is 11.6. The lowest BCUT2D eigenvalue weighted by Crippen LogP contribution is -2.09. The standard InChI is InChI=1S/C10H7BrClNO/c1-6(5-13)10(14)8-4-7(11)2-3-9(8)12/h2-4,6H,1H3. The highest BCUT2D eigenvalue weighted by Crippen LogP contribution is 2.23. The van der Waals surface area contributed by atoms with Crippen molar-refractivity contribution in [1.82, 2.24) is 0 Å². The van der Waals surface area contributed by atoms with Gasteiger partial charge in [0.2, 0.25) is 0 Å². The van der Waals surface area contributed by atoms with Crippen LogP contribution in [0.2, 0.25) is 5.02 Å². The average Bonchev–Trinajstić information content (AvgIpc) is 2.19. The monoisotopic (exact) mass is 271 g/mol. The number of rotatable bonds is 2. The van der Waals surface area contributed by atoms with Crippen LogP contribution < -0.4 is 0 Å². The largest absolute Gasteiger partial charge is 0.293 e. The summed E-state index contributed by atoms with van der Waals surface area (Å²) in [5.74, 6) is -0.916. The molecular formula is C10H7BrClNO. The molecule has 0 radical (unpaired) electrons. The van der Waals surface area contributed by atoms with Gasteiger partial charge in [0, 0.05) is 10.0 Å². The van der Waals surface area contributed by atoms with Crippen LogP contribution in [0.5, 0.6) is 0 Å². The van der Waals surface area contributed by atoms with Gasteiger partial charge in [-0.25, -0.2) is 0 Å². The maximum atomic E-state index is 11.6. The van der Waals surface area contributed by atoms with Crippen molar-refractivity contribution in [3.63, 3.8) is 0 Å². The Hall–Kier alpha value is -0.850. The van der Waals surface area contributed by atoms with Crippen LogP contribution in [0.4, 0.5) is 0 Å². The normalized spacial score (nSPS) is 11.9. The van der Waals surface area contributed by atoms with Crippen LogP contribution in [0.25, 0.3) is 0 Å². The van der Waals surface area contributed by atoms with Gasteiger partial charge >= 0.3 is 0 Å². The van der Waals surface area contributed by atoms with E-state index in [2.05, 4.69) is 15.9 Å². The van der Waals surface area contributed by atoms with E-state index in [1.54, 1.807) is 25.1 Å². The van der Waals surface area contributed by atoms with Gasteiger partial charge in [0.25, 0.3) is 0 Å². The van der Waals surface area contributed by atoms with Gasteiger partial charge in [-0.3, -0.25) is 4.79 Å². The maximum Gasteiger partial charge on any atom is 0.181 e. The lowest BCUT2D eigenvalue weighted by atomic mass is 10.0. The Morgan fingerprint density at radius 1 is 1.64 bits per heavy atom. The minimum Gasteiger partial charge on any atom is -0.293 e. The molecule has 0 saturated carbocycles. The summed E-state index contributed by atoms with van der Waals surface area (Å²) in [5.41, 5.74) is 0.384. The number of halogens is 2. The Balaban J connectivity index is 3.14. The molecule has 0 spiro atoms. The Morgan fingerprint density at radius 2 is 2.29 bits per heavy atom. The molecule has 2 nitrogen and oxygen atoms in total. The highest BCUT2D eigenvalue weighted by molar-refractivity contribution is 9.10. The molecule has 72 valence electrons.